The number of carbonyl (C=O) groups is 2. The lowest BCUT2D eigenvalue weighted by Gasteiger charge is -2.39. The van der Waals surface area contributed by atoms with Crippen molar-refractivity contribution in [2.45, 2.75) is 40.2 Å². The summed E-state index contributed by atoms with van der Waals surface area (Å²) in [6.07, 6.45) is 0.391. The Bertz CT molecular complexity index is 894. The molecule has 0 spiro atoms. The lowest BCUT2D eigenvalue weighted by Crippen LogP contribution is -2.45. The molecule has 1 saturated heterocycles. The van der Waals surface area contributed by atoms with Gasteiger partial charge in [0.1, 0.15) is 0 Å². The van der Waals surface area contributed by atoms with E-state index >= 15 is 0 Å². The highest BCUT2D eigenvalue weighted by atomic mass is 32.2. The maximum atomic E-state index is 12.8. The Morgan fingerprint density at radius 3 is 2.77 bits per heavy atom. The number of amidine groups is 1. The molecule has 1 amide bonds. The molecule has 2 aliphatic heterocycles. The summed E-state index contributed by atoms with van der Waals surface area (Å²) in [6.45, 7) is 8.48. The average Bonchev–Trinajstić information content (AvgIpc) is 2.71. The number of esters is 1. The molecule has 1 aromatic carbocycles. The average molecular weight is 433 g/mol. The summed E-state index contributed by atoms with van der Waals surface area (Å²) in [7, 11) is 1.57. The molecule has 0 aliphatic carbocycles. The molecule has 0 unspecified atom stereocenters. The van der Waals surface area contributed by atoms with Crippen LogP contribution < -0.4 is 9.47 Å². The van der Waals surface area contributed by atoms with Crippen molar-refractivity contribution in [2.24, 2.45) is 10.9 Å². The highest BCUT2D eigenvalue weighted by Gasteiger charge is 2.41. The Morgan fingerprint density at radius 2 is 2.10 bits per heavy atom. The number of hydrogen-bond acceptors (Lipinski definition) is 7. The van der Waals surface area contributed by atoms with Gasteiger partial charge in [-0.05, 0) is 37.5 Å². The van der Waals surface area contributed by atoms with Gasteiger partial charge < -0.3 is 14.2 Å². The van der Waals surface area contributed by atoms with Crippen molar-refractivity contribution < 1.29 is 23.8 Å². The number of aliphatic imine (C=N–C) groups is 1. The fraction of sp³-hybridized carbons (Fsp3) is 0.500. The van der Waals surface area contributed by atoms with Crippen molar-refractivity contribution >= 4 is 28.8 Å². The van der Waals surface area contributed by atoms with E-state index in [0.29, 0.717) is 52.6 Å². The first kappa shape index (κ1) is 22.2. The van der Waals surface area contributed by atoms with Gasteiger partial charge in [0.2, 0.25) is 5.91 Å². The molecule has 0 N–H and O–H groups in total. The molecule has 1 aromatic rings. The van der Waals surface area contributed by atoms with Gasteiger partial charge in [-0.3, -0.25) is 9.69 Å². The van der Waals surface area contributed by atoms with Crippen LogP contribution in [0.3, 0.4) is 0 Å². The number of hydrogen-bond donors (Lipinski definition) is 0. The third-order valence-corrected chi connectivity index (χ3v) is 5.73. The molecule has 1 fully saturated rings. The van der Waals surface area contributed by atoms with Gasteiger partial charge in [-0.2, -0.15) is 0 Å². The minimum absolute atomic E-state index is 0.0640. The van der Waals surface area contributed by atoms with E-state index in [9.17, 15) is 9.59 Å². The summed E-state index contributed by atoms with van der Waals surface area (Å²) in [5, 5.41) is 0.612. The van der Waals surface area contributed by atoms with E-state index in [-0.39, 0.29) is 12.5 Å². The molecule has 0 saturated carbocycles. The normalized spacial score (nSPS) is 18.9. The van der Waals surface area contributed by atoms with E-state index in [2.05, 4.69) is 18.8 Å². The number of rotatable bonds is 7. The third kappa shape index (κ3) is 4.48. The van der Waals surface area contributed by atoms with Crippen molar-refractivity contribution in [3.8, 4) is 11.5 Å². The van der Waals surface area contributed by atoms with Gasteiger partial charge in [-0.15, -0.1) is 0 Å². The summed E-state index contributed by atoms with van der Waals surface area (Å²) in [6, 6.07) is 4.89. The zero-order valence-corrected chi connectivity index (χ0v) is 18.9. The van der Waals surface area contributed by atoms with Crippen LogP contribution in [0.2, 0.25) is 0 Å². The lowest BCUT2D eigenvalue weighted by atomic mass is 9.94. The monoisotopic (exact) mass is 432 g/mol. The number of carbonyl (C=O) groups excluding carboxylic acids is 2. The number of amides is 1. The third-order valence-electron chi connectivity index (χ3n) is 4.78. The first-order chi connectivity index (χ1) is 14.4. The molecule has 0 aromatic heterocycles. The summed E-state index contributed by atoms with van der Waals surface area (Å²) in [5.74, 6) is 1.69. The van der Waals surface area contributed by atoms with Gasteiger partial charge in [0, 0.05) is 12.2 Å². The van der Waals surface area contributed by atoms with Crippen LogP contribution in [0.4, 0.5) is 0 Å². The Kier molecular flexibility index (Phi) is 7.07. The number of thioether (sulfide) groups is 1. The number of fused-ring (bicyclic) bond motifs is 1. The van der Waals surface area contributed by atoms with E-state index in [1.807, 2.05) is 18.2 Å². The minimum atomic E-state index is -0.620. The molecule has 0 bridgehead atoms. The van der Waals surface area contributed by atoms with E-state index in [0.717, 1.165) is 5.56 Å². The van der Waals surface area contributed by atoms with Crippen molar-refractivity contribution in [3.05, 3.63) is 35.0 Å². The highest BCUT2D eigenvalue weighted by Crippen LogP contribution is 2.42. The van der Waals surface area contributed by atoms with Crippen LogP contribution in [0.5, 0.6) is 11.5 Å². The predicted octanol–water partition coefficient (Wildman–Crippen LogP) is 3.94. The molecular weight excluding hydrogens is 404 g/mol. The standard InChI is InChI=1S/C22H28N2O5S/c1-6-28-21(26)19-14(4)23-22-24(18(25)9-10-30-22)20(19)15-7-8-16(17(11-15)27-5)29-12-13(2)3/h7-8,11,13,20H,6,9-10,12H2,1-5H3/t20-/m1/s1. The van der Waals surface area contributed by atoms with Crippen molar-refractivity contribution in [2.75, 3.05) is 26.1 Å². The molecule has 3 rings (SSSR count). The van der Waals surface area contributed by atoms with Gasteiger partial charge in [0.25, 0.3) is 0 Å². The maximum Gasteiger partial charge on any atom is 0.338 e. The quantitative estimate of drug-likeness (QED) is 0.608. The summed E-state index contributed by atoms with van der Waals surface area (Å²) >= 11 is 1.52. The molecular formula is C22H28N2O5S. The number of nitrogens with zero attached hydrogens (tertiary/aromatic N) is 2. The van der Waals surface area contributed by atoms with Crippen LogP contribution in [-0.2, 0) is 14.3 Å². The number of benzene rings is 1. The molecule has 162 valence electrons. The van der Waals surface area contributed by atoms with E-state index in [1.54, 1.807) is 25.9 Å². The number of methoxy groups -OCH3 is 1. The highest BCUT2D eigenvalue weighted by molar-refractivity contribution is 8.14. The lowest BCUT2D eigenvalue weighted by molar-refractivity contribution is -0.139. The topological polar surface area (TPSA) is 77.4 Å². The van der Waals surface area contributed by atoms with Crippen LogP contribution in [0.15, 0.2) is 34.5 Å². The first-order valence-electron chi connectivity index (χ1n) is 10.1. The summed E-state index contributed by atoms with van der Waals surface area (Å²) < 4.78 is 16.7. The van der Waals surface area contributed by atoms with Crippen LogP contribution in [0, 0.1) is 5.92 Å². The number of allylic oxidation sites excluding steroid dienone is 1. The van der Waals surface area contributed by atoms with E-state index < -0.39 is 12.0 Å². The van der Waals surface area contributed by atoms with E-state index in [1.165, 1.54) is 11.8 Å². The molecule has 7 nitrogen and oxygen atoms in total. The van der Waals surface area contributed by atoms with Gasteiger partial charge >= 0.3 is 5.97 Å². The van der Waals surface area contributed by atoms with Crippen molar-refractivity contribution in [1.82, 2.24) is 4.90 Å². The largest absolute Gasteiger partial charge is 0.493 e. The Morgan fingerprint density at radius 1 is 1.33 bits per heavy atom. The van der Waals surface area contributed by atoms with Crippen molar-refractivity contribution in [3.63, 3.8) is 0 Å². The predicted molar refractivity (Wildman–Crippen MR) is 117 cm³/mol. The van der Waals surface area contributed by atoms with Gasteiger partial charge in [0.15, 0.2) is 16.7 Å². The number of ether oxygens (including phenoxy) is 3. The van der Waals surface area contributed by atoms with Gasteiger partial charge in [0.05, 0.1) is 37.6 Å². The molecule has 1 atom stereocenters. The Hall–Kier alpha value is -2.48. The SMILES string of the molecule is CCOC(=O)C1=C(C)N=C2SCCC(=O)N2[C@@H]1c1ccc(OCC(C)C)c(OC)c1. The van der Waals surface area contributed by atoms with Crippen LogP contribution in [0.25, 0.3) is 0 Å². The molecule has 2 aliphatic rings. The van der Waals surface area contributed by atoms with Crippen LogP contribution in [-0.4, -0.2) is 48.0 Å². The van der Waals surface area contributed by atoms with Gasteiger partial charge in [-0.1, -0.05) is 31.7 Å². The minimum Gasteiger partial charge on any atom is -0.493 e. The fourth-order valence-electron chi connectivity index (χ4n) is 3.41. The maximum absolute atomic E-state index is 12.8. The summed E-state index contributed by atoms with van der Waals surface area (Å²) in [4.78, 5) is 31.8. The van der Waals surface area contributed by atoms with E-state index in [4.69, 9.17) is 14.2 Å². The smallest absolute Gasteiger partial charge is 0.338 e. The second kappa shape index (κ2) is 9.55. The second-order valence-corrected chi connectivity index (χ2v) is 8.56. The zero-order valence-electron chi connectivity index (χ0n) is 18.1. The molecule has 0 radical (unpaired) electrons. The second-order valence-electron chi connectivity index (χ2n) is 7.49. The Labute approximate surface area is 181 Å². The fourth-order valence-corrected chi connectivity index (χ4v) is 4.42. The molecule has 8 heteroatoms. The summed E-state index contributed by atoms with van der Waals surface area (Å²) in [5.41, 5.74) is 1.68. The van der Waals surface area contributed by atoms with Crippen molar-refractivity contribution in [1.29, 1.82) is 0 Å². The Balaban J connectivity index is 2.08. The molecule has 2 heterocycles. The van der Waals surface area contributed by atoms with Crippen LogP contribution >= 0.6 is 11.8 Å². The molecule has 30 heavy (non-hydrogen) atoms. The van der Waals surface area contributed by atoms with Crippen LogP contribution in [0.1, 0.15) is 45.7 Å². The zero-order chi connectivity index (χ0) is 21.8. The first-order valence-corrected chi connectivity index (χ1v) is 11.1. The van der Waals surface area contributed by atoms with Gasteiger partial charge in [-0.25, -0.2) is 9.79 Å².